The highest BCUT2D eigenvalue weighted by Crippen LogP contribution is 2.20. The van der Waals surface area contributed by atoms with Crippen molar-refractivity contribution in [2.24, 2.45) is 0 Å². The van der Waals surface area contributed by atoms with Crippen molar-refractivity contribution in [2.45, 2.75) is 18.7 Å². The average Bonchev–Trinajstić information content (AvgIpc) is 2.14. The molecule has 0 aliphatic heterocycles. The monoisotopic (exact) mass is 244 g/mol. The zero-order valence-corrected chi connectivity index (χ0v) is 10.3. The number of hydrogen-bond acceptors (Lipinski definition) is 2. The summed E-state index contributed by atoms with van der Waals surface area (Å²) in [6.45, 7) is 3.54. The minimum atomic E-state index is -3.22. The van der Waals surface area contributed by atoms with Crippen LogP contribution in [0.25, 0.3) is 0 Å². The lowest BCUT2D eigenvalue weighted by atomic mass is 10.2. The smallest absolute Gasteiger partial charge is 0.182 e. The lowest BCUT2D eigenvalue weighted by molar-refractivity contribution is 0.598. The third-order valence-corrected chi connectivity index (χ3v) is 4.02. The largest absolute Gasteiger partial charge is 0.223 e. The standard InChI is InChI=1S/C11H13ClO2S/c1-3-4-7-15(13,14)11-6-5-10(12)8-9(11)2/h3-6,8H,7H2,1-2H3/b4-3+. The van der Waals surface area contributed by atoms with Gasteiger partial charge in [-0.25, -0.2) is 8.42 Å². The number of benzene rings is 1. The van der Waals surface area contributed by atoms with Crippen LogP contribution in [0.5, 0.6) is 0 Å². The normalized spacial score (nSPS) is 12.2. The molecule has 0 fully saturated rings. The summed E-state index contributed by atoms with van der Waals surface area (Å²) < 4.78 is 23.7. The Morgan fingerprint density at radius 2 is 2.07 bits per heavy atom. The number of aryl methyl sites for hydroxylation is 1. The fourth-order valence-corrected chi connectivity index (χ4v) is 2.95. The maximum absolute atomic E-state index is 11.8. The highest BCUT2D eigenvalue weighted by molar-refractivity contribution is 7.91. The van der Waals surface area contributed by atoms with Gasteiger partial charge in [-0.2, -0.15) is 0 Å². The zero-order chi connectivity index (χ0) is 11.5. The first-order valence-corrected chi connectivity index (χ1v) is 6.60. The van der Waals surface area contributed by atoms with Crippen molar-refractivity contribution in [1.82, 2.24) is 0 Å². The molecule has 0 N–H and O–H groups in total. The van der Waals surface area contributed by atoms with Crippen LogP contribution in [-0.4, -0.2) is 14.2 Å². The van der Waals surface area contributed by atoms with Crippen molar-refractivity contribution in [2.75, 3.05) is 5.75 Å². The van der Waals surface area contributed by atoms with Crippen molar-refractivity contribution in [3.05, 3.63) is 40.9 Å². The highest BCUT2D eigenvalue weighted by atomic mass is 35.5. The second-order valence-electron chi connectivity index (χ2n) is 3.26. The molecule has 0 radical (unpaired) electrons. The Morgan fingerprint density at radius 3 is 2.60 bits per heavy atom. The molecule has 0 saturated heterocycles. The van der Waals surface area contributed by atoms with E-state index in [0.717, 1.165) is 0 Å². The summed E-state index contributed by atoms with van der Waals surface area (Å²) in [6, 6.07) is 4.80. The van der Waals surface area contributed by atoms with Crippen LogP contribution in [0.4, 0.5) is 0 Å². The maximum Gasteiger partial charge on any atom is 0.182 e. The van der Waals surface area contributed by atoms with E-state index in [2.05, 4.69) is 0 Å². The van der Waals surface area contributed by atoms with Crippen LogP contribution >= 0.6 is 11.6 Å². The fraction of sp³-hybridized carbons (Fsp3) is 0.273. The zero-order valence-electron chi connectivity index (χ0n) is 8.70. The van der Waals surface area contributed by atoms with E-state index in [1.54, 1.807) is 44.2 Å². The topological polar surface area (TPSA) is 34.1 Å². The summed E-state index contributed by atoms with van der Waals surface area (Å²) >= 11 is 5.76. The minimum absolute atomic E-state index is 0.0337. The van der Waals surface area contributed by atoms with E-state index >= 15 is 0 Å². The number of rotatable bonds is 3. The van der Waals surface area contributed by atoms with E-state index in [-0.39, 0.29) is 5.75 Å². The average molecular weight is 245 g/mol. The van der Waals surface area contributed by atoms with Gasteiger partial charge in [-0.1, -0.05) is 23.8 Å². The number of sulfone groups is 1. The Morgan fingerprint density at radius 1 is 1.40 bits per heavy atom. The van der Waals surface area contributed by atoms with Gasteiger partial charge in [0, 0.05) is 5.02 Å². The first-order valence-electron chi connectivity index (χ1n) is 4.57. The summed E-state index contributed by atoms with van der Waals surface area (Å²) in [7, 11) is -3.22. The number of hydrogen-bond donors (Lipinski definition) is 0. The Balaban J connectivity index is 3.16. The van der Waals surface area contributed by atoms with E-state index in [0.29, 0.717) is 15.5 Å². The van der Waals surface area contributed by atoms with E-state index in [1.165, 1.54) is 0 Å². The summed E-state index contributed by atoms with van der Waals surface area (Å²) in [5.41, 5.74) is 0.687. The second-order valence-corrected chi connectivity index (χ2v) is 5.70. The van der Waals surface area contributed by atoms with Crippen molar-refractivity contribution in [3.63, 3.8) is 0 Å². The van der Waals surface area contributed by atoms with Gasteiger partial charge in [0.2, 0.25) is 0 Å². The van der Waals surface area contributed by atoms with Gasteiger partial charge >= 0.3 is 0 Å². The second kappa shape index (κ2) is 4.81. The Labute approximate surface area is 95.5 Å². The summed E-state index contributed by atoms with van der Waals surface area (Å²) in [4.78, 5) is 0.352. The molecular weight excluding hydrogens is 232 g/mol. The van der Waals surface area contributed by atoms with Gasteiger partial charge in [0.05, 0.1) is 10.6 Å². The molecule has 0 saturated carbocycles. The molecule has 0 aliphatic carbocycles. The summed E-state index contributed by atoms with van der Waals surface area (Å²) in [5.74, 6) is 0.0337. The molecular formula is C11H13ClO2S. The molecule has 0 amide bonds. The van der Waals surface area contributed by atoms with Crippen LogP contribution in [0, 0.1) is 6.92 Å². The molecule has 0 heterocycles. The lowest BCUT2D eigenvalue weighted by Gasteiger charge is -2.05. The molecule has 15 heavy (non-hydrogen) atoms. The van der Waals surface area contributed by atoms with E-state index in [9.17, 15) is 8.42 Å². The molecule has 0 atom stereocenters. The predicted octanol–water partition coefficient (Wildman–Crippen LogP) is 3.00. The van der Waals surface area contributed by atoms with Gasteiger partial charge < -0.3 is 0 Å². The summed E-state index contributed by atoms with van der Waals surface area (Å²) in [5, 5.41) is 0.553. The number of allylic oxidation sites excluding steroid dienone is 1. The minimum Gasteiger partial charge on any atom is -0.223 e. The quantitative estimate of drug-likeness (QED) is 0.766. The molecule has 0 aromatic heterocycles. The van der Waals surface area contributed by atoms with Gasteiger partial charge in [0.25, 0.3) is 0 Å². The van der Waals surface area contributed by atoms with Gasteiger partial charge in [-0.05, 0) is 37.6 Å². The third kappa shape index (κ3) is 3.08. The first kappa shape index (κ1) is 12.3. The Bertz CT molecular complexity index is 475. The van der Waals surface area contributed by atoms with Crippen LogP contribution in [0.3, 0.4) is 0 Å². The van der Waals surface area contributed by atoms with Gasteiger partial charge in [0.1, 0.15) is 0 Å². The number of halogens is 1. The SMILES string of the molecule is C/C=C/CS(=O)(=O)c1ccc(Cl)cc1C. The molecule has 1 rings (SSSR count). The van der Waals surface area contributed by atoms with Gasteiger partial charge in [-0.15, -0.1) is 0 Å². The van der Waals surface area contributed by atoms with E-state index in [1.807, 2.05) is 0 Å². The molecule has 0 spiro atoms. The molecule has 82 valence electrons. The highest BCUT2D eigenvalue weighted by Gasteiger charge is 2.14. The Kier molecular flexibility index (Phi) is 3.94. The van der Waals surface area contributed by atoms with Crippen LogP contribution in [0.1, 0.15) is 12.5 Å². The van der Waals surface area contributed by atoms with Crippen LogP contribution in [0.2, 0.25) is 5.02 Å². The van der Waals surface area contributed by atoms with E-state index < -0.39 is 9.84 Å². The first-order chi connectivity index (χ1) is 6.97. The van der Waals surface area contributed by atoms with Gasteiger partial charge in [0.15, 0.2) is 9.84 Å². The predicted molar refractivity (Wildman–Crippen MR) is 63.1 cm³/mol. The van der Waals surface area contributed by atoms with E-state index in [4.69, 9.17) is 11.6 Å². The Hall–Kier alpha value is -0.800. The summed E-state index contributed by atoms with van der Waals surface area (Å²) in [6.07, 6.45) is 3.35. The maximum atomic E-state index is 11.8. The van der Waals surface area contributed by atoms with Crippen molar-refractivity contribution in [3.8, 4) is 0 Å². The third-order valence-electron chi connectivity index (χ3n) is 2.02. The molecule has 1 aromatic rings. The van der Waals surface area contributed by atoms with Gasteiger partial charge in [-0.3, -0.25) is 0 Å². The molecule has 2 nitrogen and oxygen atoms in total. The fourth-order valence-electron chi connectivity index (χ4n) is 1.27. The van der Waals surface area contributed by atoms with Crippen molar-refractivity contribution < 1.29 is 8.42 Å². The lowest BCUT2D eigenvalue weighted by Crippen LogP contribution is -2.06. The van der Waals surface area contributed by atoms with Crippen molar-refractivity contribution >= 4 is 21.4 Å². The van der Waals surface area contributed by atoms with Crippen LogP contribution in [-0.2, 0) is 9.84 Å². The molecule has 1 aromatic carbocycles. The molecule has 0 unspecified atom stereocenters. The van der Waals surface area contributed by atoms with Crippen LogP contribution < -0.4 is 0 Å². The molecule has 0 aliphatic rings. The molecule has 0 bridgehead atoms. The van der Waals surface area contributed by atoms with Crippen molar-refractivity contribution in [1.29, 1.82) is 0 Å². The van der Waals surface area contributed by atoms with Crippen LogP contribution in [0.15, 0.2) is 35.2 Å². The molecule has 4 heteroatoms.